The molecule has 0 aliphatic carbocycles. The average Bonchev–Trinajstić information content (AvgIpc) is 3.03. The molecule has 2 N–H and O–H groups in total. The highest BCUT2D eigenvalue weighted by Crippen LogP contribution is 2.15. The molecular formula is C34H56O18S6. The molecule has 0 radical (unpaired) electrons. The van der Waals surface area contributed by atoms with Gasteiger partial charge in [0, 0.05) is 0 Å². The first-order valence-corrected chi connectivity index (χ1v) is 21.9. The number of fused-ring (bicyclic) bond motifs is 1. The van der Waals surface area contributed by atoms with Crippen LogP contribution in [0.4, 0.5) is 0 Å². The van der Waals surface area contributed by atoms with Crippen LogP contribution >= 0.6 is 0 Å². The molecule has 0 fully saturated rings. The number of aryl methyl sites for hydroxylation is 3. The molecule has 0 saturated heterocycles. The normalized spacial score (nSPS) is 8.33. The zero-order valence-electron chi connectivity index (χ0n) is 29.3. The fraction of sp³-hybridized carbons (Fsp3) is 0.353. The lowest BCUT2D eigenvalue weighted by molar-refractivity contribution is 0.488. The zero-order chi connectivity index (χ0) is 43.3. The second-order valence-electron chi connectivity index (χ2n) is 9.00. The van der Waals surface area contributed by atoms with E-state index in [1.54, 1.807) is 0 Å². The van der Waals surface area contributed by atoms with Gasteiger partial charge in [0.05, 0.1) is 12.5 Å². The zero-order valence-corrected chi connectivity index (χ0v) is 34.2. The van der Waals surface area contributed by atoms with Crippen molar-refractivity contribution in [2.24, 2.45) is 0 Å². The van der Waals surface area contributed by atoms with E-state index in [-0.39, 0.29) is 29.7 Å². The molecule has 0 aromatic heterocycles. The minimum Gasteiger partial charge on any atom is -0.286 e. The largest absolute Gasteiger partial charge is 0.425 e. The van der Waals surface area contributed by atoms with Gasteiger partial charge in [-0.15, -0.1) is 50.5 Å². The van der Waals surface area contributed by atoms with Crippen LogP contribution in [0.5, 0.6) is 0 Å². The fourth-order valence-electron chi connectivity index (χ4n) is 2.89. The number of rotatable bonds is 3. The van der Waals surface area contributed by atoms with Crippen LogP contribution in [0.15, 0.2) is 103 Å². The van der Waals surface area contributed by atoms with E-state index < -0.39 is 62.7 Å². The van der Waals surface area contributed by atoms with Gasteiger partial charge in [-0.25, -0.2) is 0 Å². The van der Waals surface area contributed by atoms with Gasteiger partial charge in [-0.2, -0.15) is 16.8 Å². The van der Waals surface area contributed by atoms with Gasteiger partial charge in [-0.3, -0.25) is 9.11 Å². The van der Waals surface area contributed by atoms with Crippen molar-refractivity contribution in [3.8, 4) is 0 Å². The van der Waals surface area contributed by atoms with Crippen molar-refractivity contribution in [2.75, 3.05) is 12.5 Å². The molecule has 4 rings (SSSR count). The molecule has 0 aliphatic heterocycles. The summed E-state index contributed by atoms with van der Waals surface area (Å²) in [4.78, 5) is 0. The Bertz CT molecular complexity index is 2040. The van der Waals surface area contributed by atoms with Crippen LogP contribution < -0.4 is 0 Å². The van der Waals surface area contributed by atoms with Crippen LogP contribution in [0.3, 0.4) is 0 Å². The smallest absolute Gasteiger partial charge is 0.286 e. The number of hydrogen-bond donors (Lipinski definition) is 2. The molecule has 0 bridgehead atoms. The Balaban J connectivity index is -0.0000000683. The first-order valence-electron chi connectivity index (χ1n) is 14.2. The van der Waals surface area contributed by atoms with E-state index in [0.717, 1.165) is 19.3 Å². The molecule has 0 amide bonds. The SMILES string of the molecule is C.C.C.C.CCc1ccc2ccccc2c1.CCc1ccccc1.CCc1ccccc1.CS(=O)(=O)O.CS(=O)(=O)O.O=S(=O)=O.O=S(=O)=O.O=S(=O)=O.O=S(=O)=O. The van der Waals surface area contributed by atoms with Gasteiger partial charge < -0.3 is 0 Å². The van der Waals surface area contributed by atoms with Crippen LogP contribution in [0, 0.1) is 0 Å². The lowest BCUT2D eigenvalue weighted by atomic mass is 10.1. The third kappa shape index (κ3) is 93.4. The van der Waals surface area contributed by atoms with E-state index in [1.165, 1.54) is 27.5 Å². The molecule has 4 aromatic rings. The van der Waals surface area contributed by atoms with Crippen molar-refractivity contribution in [2.45, 2.75) is 69.7 Å². The maximum absolute atomic E-state index is 9.19. The van der Waals surface area contributed by atoms with Gasteiger partial charge in [0.1, 0.15) is 0 Å². The highest BCUT2D eigenvalue weighted by molar-refractivity contribution is 7.85. The third-order valence-corrected chi connectivity index (χ3v) is 4.72. The lowest BCUT2D eigenvalue weighted by Gasteiger charge is -1.99. The van der Waals surface area contributed by atoms with Gasteiger partial charge in [0.15, 0.2) is 0 Å². The van der Waals surface area contributed by atoms with E-state index >= 15 is 0 Å². The summed E-state index contributed by atoms with van der Waals surface area (Å²) < 4.78 is 153. The van der Waals surface area contributed by atoms with Crippen LogP contribution in [0.2, 0.25) is 0 Å². The van der Waals surface area contributed by atoms with Crippen molar-refractivity contribution in [1.29, 1.82) is 0 Å². The molecule has 24 heteroatoms. The van der Waals surface area contributed by atoms with Crippen LogP contribution in [-0.2, 0) is 81.9 Å². The Morgan fingerprint density at radius 1 is 0.379 bits per heavy atom. The lowest BCUT2D eigenvalue weighted by Crippen LogP contribution is -1.88. The maximum Gasteiger partial charge on any atom is 0.425 e. The Morgan fingerprint density at radius 3 is 0.793 bits per heavy atom. The second-order valence-corrected chi connectivity index (χ2v) is 13.6. The first-order chi connectivity index (χ1) is 24.7. The van der Waals surface area contributed by atoms with Gasteiger partial charge >= 0.3 is 42.4 Å². The number of hydrogen-bond acceptors (Lipinski definition) is 16. The Kier molecular flexibility index (Phi) is 60.1. The topological polar surface area (TPSA) is 314 Å². The molecule has 58 heavy (non-hydrogen) atoms. The molecule has 0 heterocycles. The summed E-state index contributed by atoms with van der Waals surface area (Å²) in [5.41, 5.74) is 4.23. The van der Waals surface area contributed by atoms with E-state index in [1.807, 2.05) is 12.1 Å². The Hall–Kier alpha value is -4.56. The minimum atomic E-state index is -3.67. The van der Waals surface area contributed by atoms with Crippen LogP contribution in [-0.4, -0.2) is 89.0 Å². The molecule has 18 nitrogen and oxygen atoms in total. The Morgan fingerprint density at radius 2 is 0.586 bits per heavy atom. The van der Waals surface area contributed by atoms with Gasteiger partial charge in [-0.05, 0) is 46.7 Å². The van der Waals surface area contributed by atoms with Gasteiger partial charge in [0.25, 0.3) is 20.2 Å². The molecule has 0 unspecified atom stereocenters. The molecule has 4 aromatic carbocycles. The highest BCUT2D eigenvalue weighted by atomic mass is 32.2. The molecular weight excluding hydrogens is 889 g/mol. The predicted octanol–water partition coefficient (Wildman–Crippen LogP) is 5.44. The third-order valence-electron chi connectivity index (χ3n) is 4.72. The summed E-state index contributed by atoms with van der Waals surface area (Å²) in [5.74, 6) is 0. The fourth-order valence-corrected chi connectivity index (χ4v) is 2.89. The Labute approximate surface area is 350 Å². The average molecular weight is 945 g/mol. The van der Waals surface area contributed by atoms with Crippen molar-refractivity contribution >= 4 is 73.4 Å². The maximum atomic E-state index is 9.19. The van der Waals surface area contributed by atoms with Gasteiger partial charge in [0.2, 0.25) is 0 Å². The predicted molar refractivity (Wildman–Crippen MR) is 226 cm³/mol. The van der Waals surface area contributed by atoms with E-state index in [4.69, 9.17) is 59.6 Å². The van der Waals surface area contributed by atoms with Crippen LogP contribution in [0.1, 0.15) is 67.2 Å². The second kappa shape index (κ2) is 46.8. The van der Waals surface area contributed by atoms with E-state index in [9.17, 15) is 16.8 Å². The summed E-state index contributed by atoms with van der Waals surface area (Å²) in [6.07, 6.45) is 4.83. The highest BCUT2D eigenvalue weighted by Gasteiger charge is 1.92. The van der Waals surface area contributed by atoms with Crippen molar-refractivity contribution in [1.82, 2.24) is 0 Å². The van der Waals surface area contributed by atoms with Crippen molar-refractivity contribution < 1.29 is 76.4 Å². The number of benzene rings is 4. The summed E-state index contributed by atoms with van der Waals surface area (Å²) in [5, 5.41) is 2.67. The standard InChI is InChI=1S/C12H12.2C8H10.2CH4O3S.4CH4.4O3S/c1-2-10-7-8-11-5-3-4-6-12(11)9-10;2*1-2-8-6-4-3-5-7-8;2*1-5(2,3)4;;;;;4*1-4(2)3/h3-9H,2H2,1H3;2*3-7H,2H2,1H3;2*1H3,(H,2,3,4);4*1H4;;;;. The molecule has 0 aliphatic rings. The van der Waals surface area contributed by atoms with Crippen molar-refractivity contribution in [3.05, 3.63) is 120 Å². The summed E-state index contributed by atoms with van der Waals surface area (Å²) in [7, 11) is -19.8. The minimum absolute atomic E-state index is 0. The monoisotopic (exact) mass is 944 g/mol. The summed E-state index contributed by atoms with van der Waals surface area (Å²) in [6.45, 7) is 6.51. The molecule has 0 atom stereocenters. The van der Waals surface area contributed by atoms with E-state index in [0.29, 0.717) is 12.5 Å². The van der Waals surface area contributed by atoms with Crippen LogP contribution in [0.25, 0.3) is 10.8 Å². The molecule has 0 spiro atoms. The summed E-state index contributed by atoms with van der Waals surface area (Å²) >= 11 is 0. The first kappa shape index (κ1) is 74.4. The molecule has 336 valence electrons. The van der Waals surface area contributed by atoms with E-state index in [2.05, 4.69) is 112 Å². The van der Waals surface area contributed by atoms with Crippen molar-refractivity contribution in [3.63, 3.8) is 0 Å². The summed E-state index contributed by atoms with van der Waals surface area (Å²) in [6, 6.07) is 36.0. The van der Waals surface area contributed by atoms with Gasteiger partial charge in [-0.1, -0.05) is 154 Å². The quantitative estimate of drug-likeness (QED) is 0.242. The molecule has 0 saturated carbocycles.